The molecule has 1 amide bonds. The van der Waals surface area contributed by atoms with E-state index in [1.807, 2.05) is 19.9 Å². The minimum Gasteiger partial charge on any atom is -0.438 e. The van der Waals surface area contributed by atoms with Crippen molar-refractivity contribution in [3.8, 4) is 0 Å². The molecule has 0 N–H and O–H groups in total. The summed E-state index contributed by atoms with van der Waals surface area (Å²) in [5, 5.41) is 0. The summed E-state index contributed by atoms with van der Waals surface area (Å²) in [5.74, 6) is -0.174. The van der Waals surface area contributed by atoms with Gasteiger partial charge in [-0.15, -0.1) is 0 Å². The Labute approximate surface area is 120 Å². The lowest BCUT2D eigenvalue weighted by Crippen LogP contribution is -2.37. The van der Waals surface area contributed by atoms with Crippen molar-refractivity contribution in [3.05, 3.63) is 35.9 Å². The molecule has 0 aliphatic heterocycles. The number of ether oxygens (including phenoxy) is 1. The zero-order chi connectivity index (χ0) is 15.0. The van der Waals surface area contributed by atoms with Gasteiger partial charge >= 0.3 is 6.09 Å². The van der Waals surface area contributed by atoms with Crippen LogP contribution in [0.2, 0.25) is 0 Å². The van der Waals surface area contributed by atoms with E-state index in [9.17, 15) is 9.59 Å². The van der Waals surface area contributed by atoms with Gasteiger partial charge in [-0.25, -0.2) is 4.79 Å². The van der Waals surface area contributed by atoms with Gasteiger partial charge in [0.15, 0.2) is 6.10 Å². The molecule has 0 aromatic heterocycles. The fraction of sp³-hybridized carbons (Fsp3) is 0.500. The molecule has 0 heterocycles. The molecule has 1 aromatic rings. The van der Waals surface area contributed by atoms with Crippen LogP contribution in [0.5, 0.6) is 0 Å². The SMILES string of the molecule is CCCN(CCC)C(=O)OC(C)C(=O)c1ccccc1. The molecule has 0 bridgehead atoms. The number of hydrogen-bond donors (Lipinski definition) is 0. The minimum absolute atomic E-state index is 0.174. The molecule has 1 rings (SSSR count). The lowest BCUT2D eigenvalue weighted by Gasteiger charge is -2.23. The van der Waals surface area contributed by atoms with Crippen molar-refractivity contribution in [1.82, 2.24) is 4.90 Å². The lowest BCUT2D eigenvalue weighted by molar-refractivity contribution is 0.0536. The van der Waals surface area contributed by atoms with Crippen LogP contribution >= 0.6 is 0 Å². The van der Waals surface area contributed by atoms with Crippen LogP contribution in [-0.2, 0) is 4.74 Å². The molecule has 0 aliphatic rings. The maximum atomic E-state index is 12.1. The van der Waals surface area contributed by atoms with Crippen LogP contribution in [0.25, 0.3) is 0 Å². The molecular formula is C16H23NO3. The Morgan fingerprint density at radius 1 is 1.10 bits per heavy atom. The van der Waals surface area contributed by atoms with Crippen LogP contribution in [0, 0.1) is 0 Å². The van der Waals surface area contributed by atoms with Gasteiger partial charge in [-0.2, -0.15) is 0 Å². The number of carbonyl (C=O) groups is 2. The average molecular weight is 277 g/mol. The third-order valence-electron chi connectivity index (χ3n) is 2.95. The topological polar surface area (TPSA) is 46.6 Å². The second kappa shape index (κ2) is 8.35. The molecule has 1 unspecified atom stereocenters. The van der Waals surface area contributed by atoms with Crippen LogP contribution in [-0.4, -0.2) is 36.0 Å². The van der Waals surface area contributed by atoms with E-state index in [4.69, 9.17) is 4.74 Å². The van der Waals surface area contributed by atoms with E-state index in [0.717, 1.165) is 12.8 Å². The molecule has 110 valence electrons. The van der Waals surface area contributed by atoms with E-state index >= 15 is 0 Å². The monoisotopic (exact) mass is 277 g/mol. The first-order valence-electron chi connectivity index (χ1n) is 7.15. The Kier molecular flexibility index (Phi) is 6.77. The number of hydrogen-bond acceptors (Lipinski definition) is 3. The molecule has 0 saturated heterocycles. The third kappa shape index (κ3) is 4.68. The van der Waals surface area contributed by atoms with Crippen molar-refractivity contribution in [3.63, 3.8) is 0 Å². The van der Waals surface area contributed by atoms with Crippen LogP contribution in [0.3, 0.4) is 0 Å². The Morgan fingerprint density at radius 2 is 1.65 bits per heavy atom. The second-order valence-corrected chi connectivity index (χ2v) is 4.74. The Morgan fingerprint density at radius 3 is 2.15 bits per heavy atom. The Bertz CT molecular complexity index is 425. The fourth-order valence-electron chi connectivity index (χ4n) is 1.95. The highest BCUT2D eigenvalue weighted by Gasteiger charge is 2.22. The predicted octanol–water partition coefficient (Wildman–Crippen LogP) is 3.52. The van der Waals surface area contributed by atoms with Crippen LogP contribution < -0.4 is 0 Å². The number of rotatable bonds is 7. The van der Waals surface area contributed by atoms with E-state index in [-0.39, 0.29) is 5.78 Å². The van der Waals surface area contributed by atoms with Gasteiger partial charge in [0.05, 0.1) is 0 Å². The number of nitrogens with zero attached hydrogens (tertiary/aromatic N) is 1. The van der Waals surface area contributed by atoms with Gasteiger partial charge in [-0.05, 0) is 19.8 Å². The summed E-state index contributed by atoms with van der Waals surface area (Å²) in [4.78, 5) is 25.8. The van der Waals surface area contributed by atoms with E-state index in [1.165, 1.54) is 0 Å². The van der Waals surface area contributed by atoms with E-state index in [1.54, 1.807) is 36.1 Å². The smallest absolute Gasteiger partial charge is 0.410 e. The summed E-state index contributed by atoms with van der Waals surface area (Å²) in [6.45, 7) is 6.93. The second-order valence-electron chi connectivity index (χ2n) is 4.74. The van der Waals surface area contributed by atoms with Crippen molar-refractivity contribution in [1.29, 1.82) is 0 Å². The zero-order valence-electron chi connectivity index (χ0n) is 12.5. The first kappa shape index (κ1) is 16.2. The highest BCUT2D eigenvalue weighted by Crippen LogP contribution is 2.08. The summed E-state index contributed by atoms with van der Waals surface area (Å²) in [5.41, 5.74) is 0.560. The highest BCUT2D eigenvalue weighted by molar-refractivity contribution is 6.00. The summed E-state index contributed by atoms with van der Waals surface area (Å²) in [6, 6.07) is 8.88. The molecule has 4 nitrogen and oxygen atoms in total. The molecule has 4 heteroatoms. The maximum Gasteiger partial charge on any atom is 0.410 e. The Hall–Kier alpha value is -1.84. The number of benzene rings is 1. The van der Waals surface area contributed by atoms with Crippen molar-refractivity contribution < 1.29 is 14.3 Å². The summed E-state index contributed by atoms with van der Waals surface area (Å²) in [7, 11) is 0. The zero-order valence-corrected chi connectivity index (χ0v) is 12.5. The number of Topliss-reactive ketones (excluding diaryl/α,β-unsaturated/α-hetero) is 1. The molecule has 1 aromatic carbocycles. The van der Waals surface area contributed by atoms with Gasteiger partial charge in [-0.3, -0.25) is 4.79 Å². The van der Waals surface area contributed by atoms with Crippen LogP contribution in [0.4, 0.5) is 4.79 Å². The molecule has 0 saturated carbocycles. The highest BCUT2D eigenvalue weighted by atomic mass is 16.6. The number of ketones is 1. The fourth-order valence-corrected chi connectivity index (χ4v) is 1.95. The number of amides is 1. The summed E-state index contributed by atoms with van der Waals surface area (Å²) in [6.07, 6.45) is 0.568. The molecular weight excluding hydrogens is 254 g/mol. The van der Waals surface area contributed by atoms with Gasteiger partial charge in [0.25, 0.3) is 0 Å². The van der Waals surface area contributed by atoms with Crippen LogP contribution in [0.15, 0.2) is 30.3 Å². The van der Waals surface area contributed by atoms with Gasteiger partial charge < -0.3 is 9.64 Å². The molecule has 0 spiro atoms. The first-order chi connectivity index (χ1) is 9.60. The van der Waals surface area contributed by atoms with Gasteiger partial charge in [0.2, 0.25) is 5.78 Å². The molecule has 0 fully saturated rings. The Balaban J connectivity index is 2.62. The lowest BCUT2D eigenvalue weighted by atomic mass is 10.1. The largest absolute Gasteiger partial charge is 0.438 e. The standard InChI is InChI=1S/C16H23NO3/c1-4-11-17(12-5-2)16(19)20-13(3)15(18)14-9-7-6-8-10-14/h6-10,13H,4-5,11-12H2,1-3H3. The average Bonchev–Trinajstić information content (AvgIpc) is 2.47. The van der Waals surface area contributed by atoms with E-state index in [0.29, 0.717) is 18.7 Å². The molecule has 20 heavy (non-hydrogen) atoms. The van der Waals surface area contributed by atoms with Gasteiger partial charge in [0, 0.05) is 18.7 Å². The van der Waals surface area contributed by atoms with Crippen molar-refractivity contribution >= 4 is 11.9 Å². The quantitative estimate of drug-likeness (QED) is 0.716. The third-order valence-corrected chi connectivity index (χ3v) is 2.95. The van der Waals surface area contributed by atoms with E-state index < -0.39 is 12.2 Å². The van der Waals surface area contributed by atoms with Crippen LogP contribution in [0.1, 0.15) is 44.0 Å². The van der Waals surface area contributed by atoms with Crippen molar-refractivity contribution in [2.24, 2.45) is 0 Å². The minimum atomic E-state index is -0.763. The molecule has 1 atom stereocenters. The number of carbonyl (C=O) groups excluding carboxylic acids is 2. The summed E-state index contributed by atoms with van der Waals surface area (Å²) >= 11 is 0. The maximum absolute atomic E-state index is 12.1. The molecule has 0 aliphatic carbocycles. The molecule has 0 radical (unpaired) electrons. The summed E-state index contributed by atoms with van der Waals surface area (Å²) < 4.78 is 5.27. The first-order valence-corrected chi connectivity index (χ1v) is 7.15. The van der Waals surface area contributed by atoms with Gasteiger partial charge in [0.1, 0.15) is 0 Å². The van der Waals surface area contributed by atoms with Crippen molar-refractivity contribution in [2.45, 2.75) is 39.7 Å². The predicted molar refractivity (Wildman–Crippen MR) is 78.9 cm³/mol. The normalized spacial score (nSPS) is 11.8. The van der Waals surface area contributed by atoms with Crippen molar-refractivity contribution in [2.75, 3.05) is 13.1 Å². The van der Waals surface area contributed by atoms with Gasteiger partial charge in [-0.1, -0.05) is 44.2 Å². The van der Waals surface area contributed by atoms with E-state index in [2.05, 4.69) is 0 Å².